The maximum absolute atomic E-state index is 13.6. The van der Waals surface area contributed by atoms with Crippen LogP contribution in [0.2, 0.25) is 0 Å². The average molecular weight is 399 g/mol. The summed E-state index contributed by atoms with van der Waals surface area (Å²) >= 11 is 0. The van der Waals surface area contributed by atoms with Crippen LogP contribution in [0.25, 0.3) is 0 Å². The number of carbonyl (C=O) groups excluding carboxylic acids is 2. The van der Waals surface area contributed by atoms with Crippen LogP contribution in [0.4, 0.5) is 11.4 Å². The Hall–Kier alpha value is -3.51. The zero-order valence-corrected chi connectivity index (χ0v) is 16.7. The van der Waals surface area contributed by atoms with E-state index in [1.54, 1.807) is 17.5 Å². The molecule has 30 heavy (non-hydrogen) atoms. The summed E-state index contributed by atoms with van der Waals surface area (Å²) in [7, 11) is 0. The monoisotopic (exact) mass is 399 g/mol. The Kier molecular flexibility index (Phi) is 4.37. The second-order valence-electron chi connectivity index (χ2n) is 7.69. The zero-order valence-electron chi connectivity index (χ0n) is 16.7. The Morgan fingerprint density at radius 3 is 2.17 bits per heavy atom. The van der Waals surface area contributed by atoms with E-state index in [-0.39, 0.29) is 11.8 Å². The van der Waals surface area contributed by atoms with Crippen LogP contribution in [0.15, 0.2) is 73.1 Å². The molecule has 0 radical (unpaired) electrons. The summed E-state index contributed by atoms with van der Waals surface area (Å²) in [6, 6.07) is 18.6. The number of pyridine rings is 1. The van der Waals surface area contributed by atoms with E-state index < -0.39 is 18.1 Å². The van der Waals surface area contributed by atoms with Crippen molar-refractivity contribution in [2.75, 3.05) is 9.96 Å². The van der Waals surface area contributed by atoms with Crippen LogP contribution in [0.1, 0.15) is 22.7 Å². The van der Waals surface area contributed by atoms with Gasteiger partial charge in [0.15, 0.2) is 6.10 Å². The fourth-order valence-electron chi connectivity index (χ4n) is 4.49. The summed E-state index contributed by atoms with van der Waals surface area (Å²) in [6.45, 7) is 3.82. The van der Waals surface area contributed by atoms with E-state index in [0.717, 1.165) is 22.4 Å². The maximum Gasteiger partial charge on any atom is 0.266 e. The SMILES string of the molecule is Cc1cccc(C)c1N1C(=O)C2ON(c3ccccc3)C(c3ccncc3)C2C1=O. The number of nitrogens with zero attached hydrogens (tertiary/aromatic N) is 3. The van der Waals surface area contributed by atoms with E-state index in [1.807, 2.05) is 74.5 Å². The normalized spacial score (nSPS) is 23.2. The number of amides is 2. The molecule has 3 atom stereocenters. The van der Waals surface area contributed by atoms with Crippen molar-refractivity contribution in [2.45, 2.75) is 26.0 Å². The molecule has 3 unspecified atom stereocenters. The van der Waals surface area contributed by atoms with E-state index in [4.69, 9.17) is 4.84 Å². The molecule has 0 spiro atoms. The Morgan fingerprint density at radius 2 is 1.50 bits per heavy atom. The molecule has 2 aromatic carbocycles. The lowest BCUT2D eigenvalue weighted by Crippen LogP contribution is -2.38. The van der Waals surface area contributed by atoms with Gasteiger partial charge in [-0.2, -0.15) is 0 Å². The minimum atomic E-state index is -0.866. The number of hydrogen-bond donors (Lipinski definition) is 0. The second kappa shape index (κ2) is 7.07. The third-order valence-corrected chi connectivity index (χ3v) is 5.84. The molecule has 3 heterocycles. The predicted octanol–water partition coefficient (Wildman–Crippen LogP) is 3.75. The van der Waals surface area contributed by atoms with Crippen LogP contribution < -0.4 is 9.96 Å². The molecule has 2 amide bonds. The smallest absolute Gasteiger partial charge is 0.266 e. The lowest BCUT2D eigenvalue weighted by atomic mass is 9.91. The molecule has 2 aliphatic heterocycles. The number of hydroxylamine groups is 1. The number of hydrogen-bond acceptors (Lipinski definition) is 5. The molecule has 3 aromatic rings. The van der Waals surface area contributed by atoms with Gasteiger partial charge in [0.1, 0.15) is 5.92 Å². The molecule has 2 fully saturated rings. The number of imide groups is 1. The van der Waals surface area contributed by atoms with Crippen LogP contribution in [0, 0.1) is 19.8 Å². The van der Waals surface area contributed by atoms with E-state index in [0.29, 0.717) is 5.69 Å². The Bertz CT molecular complexity index is 1100. The first-order valence-electron chi connectivity index (χ1n) is 9.93. The van der Waals surface area contributed by atoms with Crippen molar-refractivity contribution in [3.8, 4) is 0 Å². The largest absolute Gasteiger partial charge is 0.273 e. The van der Waals surface area contributed by atoms with Gasteiger partial charge in [0.25, 0.3) is 5.91 Å². The van der Waals surface area contributed by atoms with Crippen molar-refractivity contribution < 1.29 is 14.4 Å². The summed E-state index contributed by atoms with van der Waals surface area (Å²) in [6.07, 6.45) is 2.52. The molecule has 6 nitrogen and oxygen atoms in total. The molecule has 2 aliphatic rings. The second-order valence-corrected chi connectivity index (χ2v) is 7.69. The first kappa shape index (κ1) is 18.5. The molecular weight excluding hydrogens is 378 g/mol. The molecule has 0 bridgehead atoms. The number of benzene rings is 2. The van der Waals surface area contributed by atoms with Gasteiger partial charge >= 0.3 is 0 Å². The number of para-hydroxylation sites is 2. The van der Waals surface area contributed by atoms with E-state index in [9.17, 15) is 9.59 Å². The van der Waals surface area contributed by atoms with Gasteiger partial charge < -0.3 is 0 Å². The third-order valence-electron chi connectivity index (χ3n) is 5.84. The first-order chi connectivity index (χ1) is 14.6. The molecule has 2 saturated heterocycles. The van der Waals surface area contributed by atoms with Gasteiger partial charge in [0, 0.05) is 12.4 Å². The predicted molar refractivity (Wildman–Crippen MR) is 113 cm³/mol. The van der Waals surface area contributed by atoms with Gasteiger partial charge in [-0.1, -0.05) is 36.4 Å². The van der Waals surface area contributed by atoms with Gasteiger partial charge in [-0.3, -0.25) is 19.4 Å². The Morgan fingerprint density at radius 1 is 0.833 bits per heavy atom. The van der Waals surface area contributed by atoms with Crippen molar-refractivity contribution in [3.63, 3.8) is 0 Å². The quantitative estimate of drug-likeness (QED) is 0.628. The van der Waals surface area contributed by atoms with Gasteiger partial charge in [0.05, 0.1) is 17.4 Å². The van der Waals surface area contributed by atoms with Gasteiger partial charge in [0.2, 0.25) is 5.91 Å². The number of rotatable bonds is 3. The fraction of sp³-hybridized carbons (Fsp3) is 0.208. The molecule has 0 aliphatic carbocycles. The Labute approximate surface area is 174 Å². The Balaban J connectivity index is 1.61. The first-order valence-corrected chi connectivity index (χ1v) is 9.93. The average Bonchev–Trinajstić information content (AvgIpc) is 3.27. The van der Waals surface area contributed by atoms with Crippen molar-refractivity contribution in [1.29, 1.82) is 0 Å². The number of carbonyl (C=O) groups is 2. The molecule has 0 N–H and O–H groups in total. The zero-order chi connectivity index (χ0) is 20.8. The topological polar surface area (TPSA) is 62.7 Å². The summed E-state index contributed by atoms with van der Waals surface area (Å²) in [5.74, 6) is -1.19. The van der Waals surface area contributed by atoms with Crippen molar-refractivity contribution >= 4 is 23.2 Å². The number of anilines is 2. The van der Waals surface area contributed by atoms with Crippen LogP contribution in [0.5, 0.6) is 0 Å². The minimum Gasteiger partial charge on any atom is -0.273 e. The highest BCUT2D eigenvalue weighted by Crippen LogP contribution is 2.48. The maximum atomic E-state index is 13.6. The van der Waals surface area contributed by atoms with Crippen molar-refractivity contribution in [3.05, 3.63) is 89.7 Å². The highest BCUT2D eigenvalue weighted by Gasteiger charge is 2.60. The summed E-state index contributed by atoms with van der Waals surface area (Å²) in [4.78, 5) is 38.6. The molecule has 1 aromatic heterocycles. The highest BCUT2D eigenvalue weighted by molar-refractivity contribution is 6.24. The van der Waals surface area contributed by atoms with E-state index in [2.05, 4.69) is 4.98 Å². The van der Waals surface area contributed by atoms with E-state index >= 15 is 0 Å². The standard InChI is InChI=1S/C24H21N3O3/c1-15-7-6-8-16(2)20(15)26-23(28)19-21(17-11-13-25-14-12-17)27(30-22(19)24(26)29)18-9-4-3-5-10-18/h3-14,19,21-22H,1-2H3. The molecule has 0 saturated carbocycles. The van der Waals surface area contributed by atoms with Crippen LogP contribution in [0.3, 0.4) is 0 Å². The summed E-state index contributed by atoms with van der Waals surface area (Å²) in [5, 5.41) is 1.70. The fourth-order valence-corrected chi connectivity index (χ4v) is 4.49. The lowest BCUT2D eigenvalue weighted by molar-refractivity contribution is -0.126. The molecule has 150 valence electrons. The lowest BCUT2D eigenvalue weighted by Gasteiger charge is -2.29. The number of aromatic nitrogens is 1. The van der Waals surface area contributed by atoms with Gasteiger partial charge in [-0.05, 0) is 54.8 Å². The molecule has 5 rings (SSSR count). The van der Waals surface area contributed by atoms with Gasteiger partial charge in [-0.25, -0.2) is 9.96 Å². The molecule has 6 heteroatoms. The van der Waals surface area contributed by atoms with Gasteiger partial charge in [-0.15, -0.1) is 0 Å². The van der Waals surface area contributed by atoms with Crippen LogP contribution in [-0.4, -0.2) is 22.9 Å². The third kappa shape index (κ3) is 2.72. The summed E-state index contributed by atoms with van der Waals surface area (Å²) in [5.41, 5.74) is 4.11. The minimum absolute atomic E-state index is 0.234. The highest BCUT2D eigenvalue weighted by atomic mass is 16.7. The van der Waals surface area contributed by atoms with E-state index in [1.165, 1.54) is 4.90 Å². The van der Waals surface area contributed by atoms with Crippen molar-refractivity contribution in [2.24, 2.45) is 5.92 Å². The number of fused-ring (bicyclic) bond motifs is 1. The summed E-state index contributed by atoms with van der Waals surface area (Å²) < 4.78 is 0. The number of aryl methyl sites for hydroxylation is 2. The van der Waals surface area contributed by atoms with Crippen molar-refractivity contribution in [1.82, 2.24) is 4.98 Å². The van der Waals surface area contributed by atoms with Crippen LogP contribution in [-0.2, 0) is 14.4 Å². The molecular formula is C24H21N3O3. The van der Waals surface area contributed by atoms with Crippen LogP contribution >= 0.6 is 0 Å².